The molecule has 0 saturated carbocycles. The van der Waals surface area contributed by atoms with Gasteiger partial charge >= 0.3 is 6.18 Å². The molecule has 2 N–H and O–H groups in total. The van der Waals surface area contributed by atoms with Crippen LogP contribution in [0.25, 0.3) is 0 Å². The summed E-state index contributed by atoms with van der Waals surface area (Å²) in [5.41, 5.74) is 1.02. The lowest BCUT2D eigenvalue weighted by atomic mass is 10.2. The first-order chi connectivity index (χ1) is 12.9. The first-order valence-electron chi connectivity index (χ1n) is 8.05. The summed E-state index contributed by atoms with van der Waals surface area (Å²) in [5.74, 6) is 0.392. The van der Waals surface area contributed by atoms with Gasteiger partial charge in [0, 0.05) is 17.6 Å². The number of methoxy groups -OCH3 is 1. The van der Waals surface area contributed by atoms with Gasteiger partial charge in [0.25, 0.3) is 0 Å². The normalized spacial score (nSPS) is 11.1. The van der Waals surface area contributed by atoms with Crippen molar-refractivity contribution in [3.05, 3.63) is 65.9 Å². The molecule has 0 spiro atoms. The van der Waals surface area contributed by atoms with Gasteiger partial charge in [-0.15, -0.1) is 0 Å². The van der Waals surface area contributed by atoms with Crippen LogP contribution in [-0.2, 0) is 6.18 Å². The largest absolute Gasteiger partial charge is 0.497 e. The topological polar surface area (TPSA) is 59.1 Å². The number of rotatable bonds is 5. The lowest BCUT2D eigenvalue weighted by Crippen LogP contribution is -2.13. The zero-order valence-corrected chi connectivity index (χ0v) is 14.6. The molecule has 1 aromatic heterocycles. The molecular weight excluding hydrogens is 357 g/mol. The molecule has 0 aliphatic rings. The number of nitrogens with zero attached hydrogens (tertiary/aromatic N) is 2. The number of alkyl halides is 3. The highest BCUT2D eigenvalue weighted by Crippen LogP contribution is 2.35. The number of anilines is 4. The molecule has 0 radical (unpaired) electrons. The Morgan fingerprint density at radius 3 is 2.30 bits per heavy atom. The predicted octanol–water partition coefficient (Wildman–Crippen LogP) is 5.30. The zero-order valence-electron chi connectivity index (χ0n) is 14.6. The van der Waals surface area contributed by atoms with Crippen molar-refractivity contribution in [3.8, 4) is 5.75 Å². The van der Waals surface area contributed by atoms with Gasteiger partial charge in [-0.2, -0.15) is 18.2 Å². The fraction of sp³-hybridized carbons (Fsp3) is 0.158. The second kappa shape index (κ2) is 7.53. The van der Waals surface area contributed by atoms with E-state index in [1.165, 1.54) is 0 Å². The van der Waals surface area contributed by atoms with E-state index in [1.807, 2.05) is 6.07 Å². The highest BCUT2D eigenvalue weighted by molar-refractivity contribution is 5.65. The second-order valence-electron chi connectivity index (χ2n) is 5.75. The quantitative estimate of drug-likeness (QED) is 0.635. The summed E-state index contributed by atoms with van der Waals surface area (Å²) in [4.78, 5) is 7.82. The lowest BCUT2D eigenvalue weighted by Gasteiger charge is -2.16. The number of nitrogens with one attached hydrogen (secondary N) is 2. The molecule has 0 saturated heterocycles. The summed E-state index contributed by atoms with van der Waals surface area (Å²) in [6.07, 6.45) is -3.82. The summed E-state index contributed by atoms with van der Waals surface area (Å²) in [5, 5.41) is 5.65. The van der Waals surface area contributed by atoms with Gasteiger partial charge in [-0.3, -0.25) is 0 Å². The Morgan fingerprint density at radius 1 is 0.963 bits per heavy atom. The van der Waals surface area contributed by atoms with E-state index >= 15 is 0 Å². The van der Waals surface area contributed by atoms with Gasteiger partial charge in [-0.05, 0) is 42.8 Å². The minimum Gasteiger partial charge on any atom is -0.497 e. The number of aryl methyl sites for hydroxylation is 1. The SMILES string of the molecule is COc1ccc(Nc2ncc(C(F)(F)F)c(Nc3ccccc3C)n2)cc1. The molecule has 0 atom stereocenters. The van der Waals surface area contributed by atoms with Crippen molar-refractivity contribution in [3.63, 3.8) is 0 Å². The average Bonchev–Trinajstić information content (AvgIpc) is 2.63. The first-order valence-corrected chi connectivity index (χ1v) is 8.05. The summed E-state index contributed by atoms with van der Waals surface area (Å²) < 4.78 is 45.1. The van der Waals surface area contributed by atoms with E-state index in [0.29, 0.717) is 17.1 Å². The molecule has 2 aromatic carbocycles. The maximum absolute atomic E-state index is 13.3. The standard InChI is InChI=1S/C19H17F3N4O/c1-12-5-3-4-6-16(12)25-17-15(19(20,21)22)11-23-18(26-17)24-13-7-9-14(27-2)10-8-13/h3-11H,1-2H3,(H2,23,24,25,26). The van der Waals surface area contributed by atoms with Crippen molar-refractivity contribution < 1.29 is 17.9 Å². The fourth-order valence-electron chi connectivity index (χ4n) is 2.39. The summed E-state index contributed by atoms with van der Waals surface area (Å²) in [7, 11) is 1.55. The van der Waals surface area contributed by atoms with Crippen molar-refractivity contribution in [2.45, 2.75) is 13.1 Å². The molecule has 0 aliphatic heterocycles. The van der Waals surface area contributed by atoms with E-state index in [9.17, 15) is 13.2 Å². The van der Waals surface area contributed by atoms with Gasteiger partial charge in [0.2, 0.25) is 5.95 Å². The number of hydrogen-bond donors (Lipinski definition) is 2. The van der Waals surface area contributed by atoms with Crippen LogP contribution in [0.1, 0.15) is 11.1 Å². The van der Waals surface area contributed by atoms with Crippen LogP contribution in [0.15, 0.2) is 54.7 Å². The van der Waals surface area contributed by atoms with E-state index in [0.717, 1.165) is 11.8 Å². The van der Waals surface area contributed by atoms with Crippen LogP contribution in [0, 0.1) is 6.92 Å². The van der Waals surface area contributed by atoms with Gasteiger partial charge in [0.15, 0.2) is 0 Å². The maximum atomic E-state index is 13.3. The molecule has 0 unspecified atom stereocenters. The molecule has 0 aliphatic carbocycles. The number of para-hydroxylation sites is 1. The van der Waals surface area contributed by atoms with Gasteiger partial charge < -0.3 is 15.4 Å². The molecule has 0 bridgehead atoms. The van der Waals surface area contributed by atoms with E-state index in [1.54, 1.807) is 56.5 Å². The Labute approximate surface area is 154 Å². The van der Waals surface area contributed by atoms with Crippen LogP contribution < -0.4 is 15.4 Å². The molecule has 3 rings (SSSR count). The third-order valence-corrected chi connectivity index (χ3v) is 3.84. The monoisotopic (exact) mass is 374 g/mol. The third-order valence-electron chi connectivity index (χ3n) is 3.84. The van der Waals surface area contributed by atoms with Crippen molar-refractivity contribution in [1.82, 2.24) is 9.97 Å². The molecule has 8 heteroatoms. The number of halogens is 3. The van der Waals surface area contributed by atoms with Crippen LogP contribution in [0.4, 0.5) is 36.3 Å². The smallest absolute Gasteiger partial charge is 0.421 e. The highest BCUT2D eigenvalue weighted by atomic mass is 19.4. The Morgan fingerprint density at radius 2 is 1.67 bits per heavy atom. The minimum atomic E-state index is -4.58. The van der Waals surface area contributed by atoms with Crippen LogP contribution in [0.2, 0.25) is 0 Å². The van der Waals surface area contributed by atoms with Gasteiger partial charge in [-0.25, -0.2) is 4.98 Å². The van der Waals surface area contributed by atoms with Crippen molar-refractivity contribution in [2.24, 2.45) is 0 Å². The van der Waals surface area contributed by atoms with Crippen molar-refractivity contribution >= 4 is 23.1 Å². The van der Waals surface area contributed by atoms with Gasteiger partial charge in [0.1, 0.15) is 17.1 Å². The lowest BCUT2D eigenvalue weighted by molar-refractivity contribution is -0.137. The third kappa shape index (κ3) is 4.46. The van der Waals surface area contributed by atoms with Crippen LogP contribution >= 0.6 is 0 Å². The molecule has 27 heavy (non-hydrogen) atoms. The van der Waals surface area contributed by atoms with E-state index < -0.39 is 11.7 Å². The number of benzene rings is 2. The number of ether oxygens (including phenoxy) is 1. The van der Waals surface area contributed by atoms with E-state index in [4.69, 9.17) is 4.74 Å². The summed E-state index contributed by atoms with van der Waals surface area (Å²) in [6.45, 7) is 1.80. The summed E-state index contributed by atoms with van der Waals surface area (Å²) >= 11 is 0. The Kier molecular flexibility index (Phi) is 5.16. The Hall–Kier alpha value is -3.29. The molecule has 0 fully saturated rings. The second-order valence-corrected chi connectivity index (χ2v) is 5.75. The molecule has 5 nitrogen and oxygen atoms in total. The van der Waals surface area contributed by atoms with Gasteiger partial charge in [0.05, 0.1) is 7.11 Å². The van der Waals surface area contributed by atoms with Gasteiger partial charge in [-0.1, -0.05) is 18.2 Å². The molecule has 0 amide bonds. The summed E-state index contributed by atoms with van der Waals surface area (Å²) in [6, 6.07) is 13.9. The van der Waals surface area contributed by atoms with E-state index in [2.05, 4.69) is 20.6 Å². The number of aromatic nitrogens is 2. The van der Waals surface area contributed by atoms with Crippen LogP contribution in [-0.4, -0.2) is 17.1 Å². The predicted molar refractivity (Wildman–Crippen MR) is 97.8 cm³/mol. The average molecular weight is 374 g/mol. The molecular formula is C19H17F3N4O. The van der Waals surface area contributed by atoms with E-state index in [-0.39, 0.29) is 11.8 Å². The Bertz CT molecular complexity index is 927. The first kappa shape index (κ1) is 18.5. The molecule has 140 valence electrons. The molecule has 1 heterocycles. The fourth-order valence-corrected chi connectivity index (χ4v) is 2.39. The highest BCUT2D eigenvalue weighted by Gasteiger charge is 2.35. The number of hydrogen-bond acceptors (Lipinski definition) is 5. The maximum Gasteiger partial charge on any atom is 0.421 e. The van der Waals surface area contributed by atoms with Crippen LogP contribution in [0.5, 0.6) is 5.75 Å². The minimum absolute atomic E-state index is 0.0456. The van der Waals surface area contributed by atoms with Crippen LogP contribution in [0.3, 0.4) is 0 Å². The molecule has 3 aromatic rings. The van der Waals surface area contributed by atoms with Crippen molar-refractivity contribution in [1.29, 1.82) is 0 Å². The Balaban J connectivity index is 1.93. The zero-order chi connectivity index (χ0) is 19.4. The van der Waals surface area contributed by atoms with Crippen molar-refractivity contribution in [2.75, 3.05) is 17.7 Å².